The van der Waals surface area contributed by atoms with E-state index in [2.05, 4.69) is 26.3 Å². The Bertz CT molecular complexity index is 1220. The Balaban J connectivity index is 1.29. The molecule has 3 aromatic heterocycles. The molecule has 4 nitrogen and oxygen atoms in total. The van der Waals surface area contributed by atoms with Crippen LogP contribution in [0, 0.1) is 0 Å². The minimum Gasteiger partial charge on any atom is -0.293 e. The summed E-state index contributed by atoms with van der Waals surface area (Å²) in [5.74, 6) is 0.455. The van der Waals surface area contributed by atoms with Crippen molar-refractivity contribution in [1.29, 1.82) is 0 Å². The lowest BCUT2D eigenvalue weighted by molar-refractivity contribution is -0.137. The van der Waals surface area contributed by atoms with Crippen molar-refractivity contribution < 1.29 is 13.2 Å². The van der Waals surface area contributed by atoms with Crippen molar-refractivity contribution in [3.8, 4) is 22.6 Å². The Kier molecular flexibility index (Phi) is 5.48. The summed E-state index contributed by atoms with van der Waals surface area (Å²) in [5, 5.41) is 4.14. The fraction of sp³-hybridized carbons (Fsp3) is 0.208. The van der Waals surface area contributed by atoms with Gasteiger partial charge in [0, 0.05) is 54.3 Å². The standard InChI is InChI=1S/C24H19F3N4S/c25-24(26,27)19-6-4-16(5-7-19)23-28-12-18-13-31(10-8-22(18)30-23)14-20-2-1-3-21(29-20)17-9-11-32-15-17/h1-7,9,11-12,15H,8,10,13-14H2. The highest BCUT2D eigenvalue weighted by atomic mass is 32.1. The number of halogens is 3. The van der Waals surface area contributed by atoms with Gasteiger partial charge < -0.3 is 0 Å². The first-order valence-electron chi connectivity index (χ1n) is 10.2. The molecule has 0 saturated heterocycles. The van der Waals surface area contributed by atoms with Gasteiger partial charge in [-0.15, -0.1) is 0 Å². The van der Waals surface area contributed by atoms with Gasteiger partial charge in [-0.2, -0.15) is 24.5 Å². The van der Waals surface area contributed by atoms with E-state index in [0.717, 1.165) is 59.9 Å². The van der Waals surface area contributed by atoms with Crippen LogP contribution in [0.5, 0.6) is 0 Å². The molecule has 0 aliphatic carbocycles. The number of pyridine rings is 1. The van der Waals surface area contributed by atoms with E-state index in [1.807, 2.05) is 23.6 Å². The highest BCUT2D eigenvalue weighted by Gasteiger charge is 2.30. The minimum absolute atomic E-state index is 0.455. The maximum Gasteiger partial charge on any atom is 0.416 e. The Labute approximate surface area is 187 Å². The zero-order valence-electron chi connectivity index (χ0n) is 17.0. The van der Waals surface area contributed by atoms with Gasteiger partial charge >= 0.3 is 6.18 Å². The Morgan fingerprint density at radius 1 is 0.969 bits per heavy atom. The smallest absolute Gasteiger partial charge is 0.293 e. The van der Waals surface area contributed by atoms with Crippen LogP contribution in [0.4, 0.5) is 13.2 Å². The topological polar surface area (TPSA) is 41.9 Å². The van der Waals surface area contributed by atoms with Crippen LogP contribution in [0.2, 0.25) is 0 Å². The summed E-state index contributed by atoms with van der Waals surface area (Å²) in [6.07, 6.45) is -1.80. The SMILES string of the molecule is FC(F)(F)c1ccc(-c2ncc3c(n2)CCN(Cc2cccc(-c4ccsc4)n2)C3)cc1. The quantitative estimate of drug-likeness (QED) is 0.390. The summed E-state index contributed by atoms with van der Waals surface area (Å²) in [4.78, 5) is 16.1. The van der Waals surface area contributed by atoms with E-state index >= 15 is 0 Å². The van der Waals surface area contributed by atoms with E-state index in [-0.39, 0.29) is 0 Å². The summed E-state index contributed by atoms with van der Waals surface area (Å²) in [5.41, 5.74) is 5.02. The first-order chi connectivity index (χ1) is 15.5. The predicted molar refractivity (Wildman–Crippen MR) is 118 cm³/mol. The van der Waals surface area contributed by atoms with Gasteiger partial charge in [-0.25, -0.2) is 9.97 Å². The molecule has 0 amide bonds. The monoisotopic (exact) mass is 452 g/mol. The average Bonchev–Trinajstić information content (AvgIpc) is 3.34. The van der Waals surface area contributed by atoms with Gasteiger partial charge in [-0.3, -0.25) is 9.88 Å². The van der Waals surface area contributed by atoms with Crippen LogP contribution in [0.1, 0.15) is 22.5 Å². The van der Waals surface area contributed by atoms with Crippen LogP contribution in [0.25, 0.3) is 22.6 Å². The zero-order valence-corrected chi connectivity index (χ0v) is 17.8. The molecule has 0 unspecified atom stereocenters. The number of rotatable bonds is 4. The Morgan fingerprint density at radius 3 is 2.56 bits per heavy atom. The fourth-order valence-corrected chi connectivity index (χ4v) is 4.47. The van der Waals surface area contributed by atoms with E-state index < -0.39 is 11.7 Å². The lowest BCUT2D eigenvalue weighted by atomic mass is 10.1. The Hall–Kier alpha value is -3.10. The van der Waals surface area contributed by atoms with Gasteiger partial charge in [-0.1, -0.05) is 18.2 Å². The first kappa shape index (κ1) is 20.8. The number of thiophene rings is 1. The molecule has 0 radical (unpaired) electrons. The molecule has 1 aliphatic heterocycles. The fourth-order valence-electron chi connectivity index (χ4n) is 3.82. The van der Waals surface area contributed by atoms with Gasteiger partial charge in [0.1, 0.15) is 0 Å². The van der Waals surface area contributed by atoms with Crippen molar-refractivity contribution in [2.75, 3.05) is 6.54 Å². The van der Waals surface area contributed by atoms with Gasteiger partial charge in [0.05, 0.1) is 22.6 Å². The average molecular weight is 453 g/mol. The maximum absolute atomic E-state index is 12.8. The number of hydrogen-bond donors (Lipinski definition) is 0. The lowest BCUT2D eigenvalue weighted by Gasteiger charge is -2.27. The second kappa shape index (κ2) is 8.44. The van der Waals surface area contributed by atoms with Gasteiger partial charge in [0.2, 0.25) is 0 Å². The minimum atomic E-state index is -4.35. The van der Waals surface area contributed by atoms with Gasteiger partial charge in [0.15, 0.2) is 5.82 Å². The second-order valence-electron chi connectivity index (χ2n) is 7.73. The van der Waals surface area contributed by atoms with Crippen LogP contribution >= 0.6 is 11.3 Å². The molecule has 0 N–H and O–H groups in total. The molecule has 4 heterocycles. The molecule has 5 rings (SSSR count). The zero-order chi connectivity index (χ0) is 22.1. The molecule has 1 aliphatic rings. The predicted octanol–water partition coefficient (Wildman–Crippen LogP) is 5.84. The molecule has 32 heavy (non-hydrogen) atoms. The van der Waals surface area contributed by atoms with Gasteiger partial charge in [-0.05, 0) is 35.7 Å². The molecule has 0 bridgehead atoms. The molecule has 0 saturated carbocycles. The normalized spacial score (nSPS) is 14.3. The van der Waals surface area contributed by atoms with Crippen LogP contribution in [-0.4, -0.2) is 26.4 Å². The van der Waals surface area contributed by atoms with E-state index in [9.17, 15) is 13.2 Å². The van der Waals surface area contributed by atoms with E-state index in [4.69, 9.17) is 4.98 Å². The third-order valence-electron chi connectivity index (χ3n) is 5.49. The number of benzene rings is 1. The number of nitrogens with zero attached hydrogens (tertiary/aromatic N) is 4. The molecule has 0 atom stereocenters. The van der Waals surface area contributed by atoms with Crippen molar-refractivity contribution in [3.63, 3.8) is 0 Å². The van der Waals surface area contributed by atoms with Crippen molar-refractivity contribution >= 4 is 11.3 Å². The molecule has 0 fully saturated rings. The maximum atomic E-state index is 12.8. The summed E-state index contributed by atoms with van der Waals surface area (Å²) < 4.78 is 38.4. The Morgan fingerprint density at radius 2 is 1.81 bits per heavy atom. The van der Waals surface area contributed by atoms with Crippen molar-refractivity contribution in [3.05, 3.63) is 88.0 Å². The molecule has 0 spiro atoms. The molecular weight excluding hydrogens is 433 g/mol. The van der Waals surface area contributed by atoms with Crippen LogP contribution in [0.15, 0.2) is 65.5 Å². The molecule has 162 valence electrons. The molecule has 8 heteroatoms. The second-order valence-corrected chi connectivity index (χ2v) is 8.51. The highest BCUT2D eigenvalue weighted by Crippen LogP contribution is 2.31. The molecule has 4 aromatic rings. The van der Waals surface area contributed by atoms with E-state index in [0.29, 0.717) is 17.9 Å². The van der Waals surface area contributed by atoms with Crippen molar-refractivity contribution in [1.82, 2.24) is 19.9 Å². The first-order valence-corrected chi connectivity index (χ1v) is 11.1. The van der Waals surface area contributed by atoms with E-state index in [1.165, 1.54) is 12.1 Å². The molecule has 1 aromatic carbocycles. The molecular formula is C24H19F3N4S. The summed E-state index contributed by atoms with van der Waals surface area (Å²) in [6, 6.07) is 13.1. The summed E-state index contributed by atoms with van der Waals surface area (Å²) in [6.45, 7) is 2.28. The highest BCUT2D eigenvalue weighted by molar-refractivity contribution is 7.08. The number of hydrogen-bond acceptors (Lipinski definition) is 5. The van der Waals surface area contributed by atoms with Gasteiger partial charge in [0.25, 0.3) is 0 Å². The van der Waals surface area contributed by atoms with Crippen LogP contribution < -0.4 is 0 Å². The number of fused-ring (bicyclic) bond motifs is 1. The summed E-state index contributed by atoms with van der Waals surface area (Å²) in [7, 11) is 0. The van der Waals surface area contributed by atoms with Crippen molar-refractivity contribution in [2.45, 2.75) is 25.7 Å². The number of aromatic nitrogens is 3. The third kappa shape index (κ3) is 4.42. The third-order valence-corrected chi connectivity index (χ3v) is 6.18. The number of alkyl halides is 3. The van der Waals surface area contributed by atoms with Crippen LogP contribution in [-0.2, 0) is 25.7 Å². The van der Waals surface area contributed by atoms with Crippen LogP contribution in [0.3, 0.4) is 0 Å². The van der Waals surface area contributed by atoms with Crippen molar-refractivity contribution in [2.24, 2.45) is 0 Å². The summed E-state index contributed by atoms with van der Waals surface area (Å²) >= 11 is 1.66. The largest absolute Gasteiger partial charge is 0.416 e. The van der Waals surface area contributed by atoms with E-state index in [1.54, 1.807) is 17.5 Å². The lowest BCUT2D eigenvalue weighted by Crippen LogP contribution is -2.31.